The first-order valence-electron chi connectivity index (χ1n) is 9.92. The van der Waals surface area contributed by atoms with Gasteiger partial charge < -0.3 is 10.1 Å². The van der Waals surface area contributed by atoms with E-state index < -0.39 is 10.0 Å². The van der Waals surface area contributed by atoms with Gasteiger partial charge in [-0.2, -0.15) is 0 Å². The molecule has 1 amide bonds. The monoisotopic (exact) mass is 438 g/mol. The van der Waals surface area contributed by atoms with Crippen molar-refractivity contribution >= 4 is 27.3 Å². The van der Waals surface area contributed by atoms with E-state index in [1.807, 2.05) is 32.0 Å². The number of anilines is 2. The third-order valence-electron chi connectivity index (χ3n) is 5.08. The van der Waals surface area contributed by atoms with Crippen molar-refractivity contribution in [2.45, 2.75) is 32.1 Å². The Morgan fingerprint density at radius 2 is 1.68 bits per heavy atom. The van der Waals surface area contributed by atoms with Crippen LogP contribution >= 0.6 is 0 Å². The van der Waals surface area contributed by atoms with Crippen molar-refractivity contribution in [3.8, 4) is 5.75 Å². The Morgan fingerprint density at radius 3 is 2.32 bits per heavy atom. The molecule has 0 fully saturated rings. The summed E-state index contributed by atoms with van der Waals surface area (Å²) in [6.07, 6.45) is 0.774. The van der Waals surface area contributed by atoms with Crippen molar-refractivity contribution in [3.63, 3.8) is 0 Å². The zero-order chi connectivity index (χ0) is 22.6. The summed E-state index contributed by atoms with van der Waals surface area (Å²) in [5.41, 5.74) is 4.14. The molecule has 0 heterocycles. The number of para-hydroxylation sites is 1. The predicted octanol–water partition coefficient (Wildman–Crippen LogP) is 4.93. The normalized spacial score (nSPS) is 11.1. The van der Waals surface area contributed by atoms with Crippen molar-refractivity contribution in [1.29, 1.82) is 0 Å². The molecule has 0 bridgehead atoms. The summed E-state index contributed by atoms with van der Waals surface area (Å²) in [6.45, 7) is 5.73. The minimum Gasteiger partial charge on any atom is -0.497 e. The third-order valence-corrected chi connectivity index (χ3v) is 6.46. The van der Waals surface area contributed by atoms with Gasteiger partial charge in [0, 0.05) is 16.9 Å². The van der Waals surface area contributed by atoms with Crippen LogP contribution in [0.4, 0.5) is 11.4 Å². The van der Waals surface area contributed by atoms with E-state index in [1.165, 1.54) is 12.1 Å². The molecule has 0 unspecified atom stereocenters. The molecule has 3 aromatic carbocycles. The van der Waals surface area contributed by atoms with Crippen LogP contribution in [0.5, 0.6) is 5.75 Å². The lowest BCUT2D eigenvalue weighted by Gasteiger charge is -2.15. The summed E-state index contributed by atoms with van der Waals surface area (Å²) in [6, 6.07) is 16.9. The van der Waals surface area contributed by atoms with Gasteiger partial charge in [0.2, 0.25) is 0 Å². The van der Waals surface area contributed by atoms with Crippen LogP contribution in [0.2, 0.25) is 0 Å². The van der Waals surface area contributed by atoms with Gasteiger partial charge in [0.15, 0.2) is 0 Å². The van der Waals surface area contributed by atoms with Crippen molar-refractivity contribution in [1.82, 2.24) is 0 Å². The summed E-state index contributed by atoms with van der Waals surface area (Å²) in [4.78, 5) is 13.0. The number of rotatable bonds is 7. The summed E-state index contributed by atoms with van der Waals surface area (Å²) in [5.74, 6) is 0.280. The Bertz CT molecular complexity index is 1200. The van der Waals surface area contributed by atoms with Gasteiger partial charge in [-0.3, -0.25) is 9.52 Å². The van der Waals surface area contributed by atoms with Crippen molar-refractivity contribution in [3.05, 3.63) is 82.9 Å². The van der Waals surface area contributed by atoms with Crippen LogP contribution in [0.3, 0.4) is 0 Å². The van der Waals surface area contributed by atoms with Crippen LogP contribution < -0.4 is 14.8 Å². The van der Waals surface area contributed by atoms with Crippen molar-refractivity contribution in [2.24, 2.45) is 0 Å². The summed E-state index contributed by atoms with van der Waals surface area (Å²) in [7, 11) is -2.33. The number of methoxy groups -OCH3 is 1. The largest absolute Gasteiger partial charge is 0.497 e. The molecule has 31 heavy (non-hydrogen) atoms. The van der Waals surface area contributed by atoms with Crippen LogP contribution in [-0.4, -0.2) is 21.4 Å². The molecule has 0 aliphatic rings. The van der Waals surface area contributed by atoms with Crippen molar-refractivity contribution < 1.29 is 17.9 Å². The zero-order valence-electron chi connectivity index (χ0n) is 18.0. The van der Waals surface area contributed by atoms with Crippen LogP contribution in [0.25, 0.3) is 0 Å². The molecule has 0 spiro atoms. The quantitative estimate of drug-likeness (QED) is 0.548. The van der Waals surface area contributed by atoms with Gasteiger partial charge in [-0.05, 0) is 73.4 Å². The van der Waals surface area contributed by atoms with E-state index in [0.29, 0.717) is 22.6 Å². The Labute approximate surface area is 183 Å². The minimum atomic E-state index is -3.87. The molecule has 3 rings (SSSR count). The van der Waals surface area contributed by atoms with Crippen LogP contribution in [-0.2, 0) is 16.4 Å². The number of carbonyl (C=O) groups is 1. The molecule has 0 aliphatic heterocycles. The standard InChI is InChI=1S/C24H26N2O4S/c1-5-18-8-6-7-17(3)23(18)25-24(27)22-15-21(14-9-16(22)2)31(28,29)26-19-10-12-20(30-4)13-11-19/h6-15,26H,5H2,1-4H3,(H,25,27). The highest BCUT2D eigenvalue weighted by Crippen LogP contribution is 2.25. The molecule has 6 nitrogen and oxygen atoms in total. The number of benzene rings is 3. The van der Waals surface area contributed by atoms with Crippen LogP contribution in [0.1, 0.15) is 34.0 Å². The van der Waals surface area contributed by atoms with Gasteiger partial charge in [-0.1, -0.05) is 31.2 Å². The van der Waals surface area contributed by atoms with E-state index in [-0.39, 0.29) is 10.8 Å². The lowest BCUT2D eigenvalue weighted by Crippen LogP contribution is -2.18. The molecule has 0 radical (unpaired) electrons. The molecular formula is C24H26N2O4S. The zero-order valence-corrected chi connectivity index (χ0v) is 18.8. The SMILES string of the molecule is CCc1cccc(C)c1NC(=O)c1cc(S(=O)(=O)Nc2ccc(OC)cc2)ccc1C. The first-order chi connectivity index (χ1) is 14.7. The fourth-order valence-corrected chi connectivity index (χ4v) is 4.35. The van der Waals surface area contributed by atoms with Gasteiger partial charge in [0.1, 0.15) is 5.75 Å². The average molecular weight is 439 g/mol. The van der Waals surface area contributed by atoms with E-state index in [9.17, 15) is 13.2 Å². The van der Waals surface area contributed by atoms with E-state index in [1.54, 1.807) is 44.4 Å². The van der Waals surface area contributed by atoms with Gasteiger partial charge in [-0.15, -0.1) is 0 Å². The number of sulfonamides is 1. The van der Waals surface area contributed by atoms with Crippen molar-refractivity contribution in [2.75, 3.05) is 17.1 Å². The Balaban J connectivity index is 1.89. The van der Waals surface area contributed by atoms with Crippen LogP contribution in [0.15, 0.2) is 65.6 Å². The number of amides is 1. The predicted molar refractivity (Wildman–Crippen MR) is 123 cm³/mol. The van der Waals surface area contributed by atoms with E-state index >= 15 is 0 Å². The highest BCUT2D eigenvalue weighted by atomic mass is 32.2. The number of hydrogen-bond acceptors (Lipinski definition) is 4. The second kappa shape index (κ2) is 9.22. The average Bonchev–Trinajstić information content (AvgIpc) is 2.75. The molecule has 0 aromatic heterocycles. The number of aryl methyl sites for hydroxylation is 3. The Morgan fingerprint density at radius 1 is 0.968 bits per heavy atom. The Kier molecular flexibility index (Phi) is 6.65. The van der Waals surface area contributed by atoms with Gasteiger partial charge in [0.25, 0.3) is 15.9 Å². The number of carbonyl (C=O) groups excluding carboxylic acids is 1. The molecule has 0 aliphatic carbocycles. The van der Waals surface area contributed by atoms with E-state index in [2.05, 4.69) is 10.0 Å². The second-order valence-corrected chi connectivity index (χ2v) is 8.91. The van der Waals surface area contributed by atoms with Gasteiger partial charge in [-0.25, -0.2) is 8.42 Å². The highest BCUT2D eigenvalue weighted by molar-refractivity contribution is 7.92. The maximum Gasteiger partial charge on any atom is 0.261 e. The summed E-state index contributed by atoms with van der Waals surface area (Å²) >= 11 is 0. The fraction of sp³-hybridized carbons (Fsp3) is 0.208. The molecule has 0 saturated carbocycles. The topological polar surface area (TPSA) is 84.5 Å². The fourth-order valence-electron chi connectivity index (χ4n) is 3.27. The summed E-state index contributed by atoms with van der Waals surface area (Å²) < 4.78 is 33.4. The Hall–Kier alpha value is -3.32. The minimum absolute atomic E-state index is 0.0135. The number of hydrogen-bond donors (Lipinski definition) is 2. The molecule has 0 saturated heterocycles. The highest BCUT2D eigenvalue weighted by Gasteiger charge is 2.19. The molecule has 162 valence electrons. The molecule has 3 aromatic rings. The number of nitrogens with one attached hydrogen (secondary N) is 2. The van der Waals surface area contributed by atoms with E-state index in [0.717, 1.165) is 23.2 Å². The molecule has 2 N–H and O–H groups in total. The lowest BCUT2D eigenvalue weighted by atomic mass is 10.0. The smallest absolute Gasteiger partial charge is 0.261 e. The molecule has 7 heteroatoms. The van der Waals surface area contributed by atoms with Gasteiger partial charge >= 0.3 is 0 Å². The molecular weight excluding hydrogens is 412 g/mol. The number of ether oxygens (including phenoxy) is 1. The van der Waals surface area contributed by atoms with Crippen LogP contribution in [0, 0.1) is 13.8 Å². The maximum absolute atomic E-state index is 13.0. The third kappa shape index (κ3) is 5.06. The summed E-state index contributed by atoms with van der Waals surface area (Å²) in [5, 5.41) is 2.96. The first kappa shape index (κ1) is 22.4. The van der Waals surface area contributed by atoms with E-state index in [4.69, 9.17) is 4.74 Å². The maximum atomic E-state index is 13.0. The first-order valence-corrected chi connectivity index (χ1v) is 11.4. The van der Waals surface area contributed by atoms with Gasteiger partial charge in [0.05, 0.1) is 12.0 Å². The lowest BCUT2D eigenvalue weighted by molar-refractivity contribution is 0.102. The molecule has 0 atom stereocenters. The second-order valence-electron chi connectivity index (χ2n) is 7.23.